The van der Waals surface area contributed by atoms with Crippen molar-refractivity contribution in [3.63, 3.8) is 0 Å². The first-order valence-electron chi connectivity index (χ1n) is 12.6. The molecule has 36 heavy (non-hydrogen) atoms. The summed E-state index contributed by atoms with van der Waals surface area (Å²) in [4.78, 5) is 34.0. The van der Waals surface area contributed by atoms with Crippen LogP contribution in [0.1, 0.15) is 43.2 Å². The third-order valence-corrected chi connectivity index (χ3v) is 6.46. The zero-order chi connectivity index (χ0) is 26.1. The number of anilines is 1. The molecule has 9 nitrogen and oxygen atoms in total. The van der Waals surface area contributed by atoms with Crippen LogP contribution in [0.4, 0.5) is 10.5 Å². The summed E-state index contributed by atoms with van der Waals surface area (Å²) in [6.45, 7) is 9.07. The summed E-state index contributed by atoms with van der Waals surface area (Å²) >= 11 is 0. The van der Waals surface area contributed by atoms with Crippen molar-refractivity contribution in [2.45, 2.75) is 45.9 Å². The van der Waals surface area contributed by atoms with Crippen molar-refractivity contribution in [2.24, 2.45) is 5.92 Å². The maximum absolute atomic E-state index is 13.4. The number of pyridine rings is 1. The van der Waals surface area contributed by atoms with E-state index < -0.39 is 0 Å². The Kier molecular flexibility index (Phi) is 10.1. The lowest BCUT2D eigenvalue weighted by atomic mass is 10.0. The van der Waals surface area contributed by atoms with E-state index in [1.165, 1.54) is 0 Å². The van der Waals surface area contributed by atoms with Gasteiger partial charge in [-0.05, 0) is 43.5 Å². The first kappa shape index (κ1) is 27.4. The Hall–Kier alpha value is -3.17. The van der Waals surface area contributed by atoms with Crippen LogP contribution >= 0.6 is 0 Å². The molecule has 196 valence electrons. The number of amides is 3. The Morgan fingerprint density at radius 3 is 2.72 bits per heavy atom. The largest absolute Gasteiger partial charge is 0.491 e. The third kappa shape index (κ3) is 7.41. The highest BCUT2D eigenvalue weighted by Gasteiger charge is 2.28. The molecule has 2 aromatic rings. The molecule has 0 fully saturated rings. The predicted octanol–water partition coefficient (Wildman–Crippen LogP) is 3.62. The van der Waals surface area contributed by atoms with Gasteiger partial charge in [-0.1, -0.05) is 19.9 Å². The number of fused-ring (bicyclic) bond motifs is 1. The number of nitrogens with one attached hydrogen (secondary N) is 2. The lowest BCUT2D eigenvalue weighted by molar-refractivity contribution is 0.00901. The number of ether oxygens (including phenoxy) is 2. The monoisotopic (exact) mass is 497 g/mol. The number of hydrogen-bond donors (Lipinski definition) is 2. The van der Waals surface area contributed by atoms with Crippen LogP contribution in [0.5, 0.6) is 5.75 Å². The Labute approximate surface area is 214 Å². The number of hydrogen-bond acceptors (Lipinski definition) is 6. The van der Waals surface area contributed by atoms with Gasteiger partial charge in [0.25, 0.3) is 5.91 Å². The van der Waals surface area contributed by atoms with E-state index in [9.17, 15) is 9.59 Å². The van der Waals surface area contributed by atoms with Crippen molar-refractivity contribution in [1.29, 1.82) is 0 Å². The Morgan fingerprint density at radius 1 is 1.22 bits per heavy atom. The van der Waals surface area contributed by atoms with Crippen LogP contribution in [0, 0.1) is 5.92 Å². The van der Waals surface area contributed by atoms with Crippen molar-refractivity contribution in [3.05, 3.63) is 53.9 Å². The van der Waals surface area contributed by atoms with Gasteiger partial charge in [-0.15, -0.1) is 0 Å². The van der Waals surface area contributed by atoms with Crippen molar-refractivity contribution < 1.29 is 19.1 Å². The average molecular weight is 498 g/mol. The van der Waals surface area contributed by atoms with Gasteiger partial charge in [0.1, 0.15) is 12.4 Å². The maximum Gasteiger partial charge on any atom is 0.319 e. The predicted molar refractivity (Wildman–Crippen MR) is 140 cm³/mol. The molecule has 0 bridgehead atoms. The molecular formula is C27H39N5O4. The zero-order valence-corrected chi connectivity index (χ0v) is 22.0. The molecule has 3 amide bonds. The number of aromatic nitrogens is 1. The fraction of sp³-hybridized carbons (Fsp3) is 0.519. The number of methoxy groups -OCH3 is 1. The fourth-order valence-electron chi connectivity index (χ4n) is 4.26. The number of nitrogens with zero attached hydrogens (tertiary/aromatic N) is 3. The van der Waals surface area contributed by atoms with Crippen molar-refractivity contribution in [3.8, 4) is 5.75 Å². The van der Waals surface area contributed by atoms with Gasteiger partial charge in [-0.3, -0.25) is 14.7 Å². The molecule has 0 spiro atoms. The first-order valence-corrected chi connectivity index (χ1v) is 12.6. The van der Waals surface area contributed by atoms with E-state index in [4.69, 9.17) is 9.47 Å². The third-order valence-electron chi connectivity index (χ3n) is 6.46. The van der Waals surface area contributed by atoms with Crippen molar-refractivity contribution >= 4 is 17.6 Å². The summed E-state index contributed by atoms with van der Waals surface area (Å²) in [5.74, 6) is 0.454. The van der Waals surface area contributed by atoms with E-state index >= 15 is 0 Å². The topological polar surface area (TPSA) is 96.0 Å². The summed E-state index contributed by atoms with van der Waals surface area (Å²) in [5, 5.41) is 5.61. The molecule has 1 aromatic heterocycles. The first-order chi connectivity index (χ1) is 17.3. The second kappa shape index (κ2) is 13.2. The summed E-state index contributed by atoms with van der Waals surface area (Å²) < 4.78 is 12.1. The van der Waals surface area contributed by atoms with E-state index in [2.05, 4.69) is 34.4 Å². The van der Waals surface area contributed by atoms with Crippen LogP contribution in [0.2, 0.25) is 0 Å². The molecule has 3 atom stereocenters. The minimum absolute atomic E-state index is 0.0385. The fourth-order valence-corrected chi connectivity index (χ4v) is 4.26. The normalized spacial score (nSPS) is 21.5. The average Bonchev–Trinajstić information content (AvgIpc) is 2.88. The number of rotatable bonds is 6. The quantitative estimate of drug-likeness (QED) is 0.633. The molecule has 1 aliphatic rings. The highest BCUT2D eigenvalue weighted by molar-refractivity contribution is 5.98. The molecule has 2 heterocycles. The standard InChI is InChI=1S/C27H39N5O4/c1-6-12-29-27(34)30-21-10-11-23-24(14-21)36-18-20(3)32(16-22-9-7-8-13-28-22)15-19(2)25(35-5)17-31(4)26(23)33/h7-11,13-14,19-20,25H,6,12,15-18H2,1-5H3,(H2,29,30,34)/t19-,20+,25-/m0/s1. The van der Waals surface area contributed by atoms with Gasteiger partial charge in [-0.25, -0.2) is 4.79 Å². The molecule has 0 radical (unpaired) electrons. The summed E-state index contributed by atoms with van der Waals surface area (Å²) in [5.41, 5.74) is 1.99. The highest BCUT2D eigenvalue weighted by Crippen LogP contribution is 2.27. The lowest BCUT2D eigenvalue weighted by Gasteiger charge is -2.35. The molecule has 9 heteroatoms. The van der Waals surface area contributed by atoms with Gasteiger partial charge in [-0.2, -0.15) is 0 Å². The van der Waals surface area contributed by atoms with E-state index in [1.807, 2.05) is 25.1 Å². The Morgan fingerprint density at radius 2 is 2.03 bits per heavy atom. The number of urea groups is 1. The van der Waals surface area contributed by atoms with E-state index in [-0.39, 0.29) is 30.0 Å². The van der Waals surface area contributed by atoms with E-state index in [0.717, 1.165) is 18.7 Å². The number of benzene rings is 1. The molecule has 1 aromatic carbocycles. The molecule has 0 saturated carbocycles. The zero-order valence-electron chi connectivity index (χ0n) is 22.0. The van der Waals surface area contributed by atoms with Crippen LogP contribution in [0.3, 0.4) is 0 Å². The summed E-state index contributed by atoms with van der Waals surface area (Å²) in [6, 6.07) is 10.8. The van der Waals surface area contributed by atoms with Crippen molar-refractivity contribution in [1.82, 2.24) is 20.1 Å². The summed E-state index contributed by atoms with van der Waals surface area (Å²) in [6.07, 6.45) is 2.51. The molecule has 3 rings (SSSR count). The molecule has 0 aliphatic carbocycles. The number of carbonyl (C=O) groups excluding carboxylic acids is 2. The minimum atomic E-state index is -0.291. The van der Waals surface area contributed by atoms with Gasteiger partial charge in [0.15, 0.2) is 0 Å². The summed E-state index contributed by atoms with van der Waals surface area (Å²) in [7, 11) is 3.46. The van der Waals surface area contributed by atoms with Crippen LogP contribution in [-0.4, -0.2) is 79.3 Å². The van der Waals surface area contributed by atoms with Crippen LogP contribution < -0.4 is 15.4 Å². The van der Waals surface area contributed by atoms with Gasteiger partial charge in [0, 0.05) is 64.3 Å². The van der Waals surface area contributed by atoms with Gasteiger partial charge in [0.05, 0.1) is 17.4 Å². The minimum Gasteiger partial charge on any atom is -0.491 e. The van der Waals surface area contributed by atoms with Crippen LogP contribution in [0.25, 0.3) is 0 Å². The number of likely N-dealkylation sites (N-methyl/N-ethyl adjacent to an activating group) is 1. The Balaban J connectivity index is 1.90. The molecule has 0 saturated heterocycles. The SMILES string of the molecule is CCCNC(=O)Nc1ccc2c(c1)OC[C@@H](C)N(Cc1ccccn1)C[C@H](C)[C@@H](OC)CN(C)C2=O. The molecule has 0 unspecified atom stereocenters. The second-order valence-corrected chi connectivity index (χ2v) is 9.44. The van der Waals surface area contributed by atoms with Crippen molar-refractivity contribution in [2.75, 3.05) is 45.7 Å². The van der Waals surface area contributed by atoms with E-state index in [0.29, 0.717) is 43.2 Å². The van der Waals surface area contributed by atoms with Gasteiger partial charge < -0.3 is 25.0 Å². The number of carbonyl (C=O) groups is 2. The smallest absolute Gasteiger partial charge is 0.319 e. The molecular weight excluding hydrogens is 458 g/mol. The van der Waals surface area contributed by atoms with Gasteiger partial charge >= 0.3 is 6.03 Å². The van der Waals surface area contributed by atoms with Crippen LogP contribution in [0.15, 0.2) is 42.6 Å². The second-order valence-electron chi connectivity index (χ2n) is 9.44. The lowest BCUT2D eigenvalue weighted by Crippen LogP contribution is -2.46. The molecule has 2 N–H and O–H groups in total. The van der Waals surface area contributed by atoms with Crippen LogP contribution in [-0.2, 0) is 11.3 Å². The van der Waals surface area contributed by atoms with Gasteiger partial charge in [0.2, 0.25) is 0 Å². The highest BCUT2D eigenvalue weighted by atomic mass is 16.5. The maximum atomic E-state index is 13.4. The Bertz CT molecular complexity index is 1000. The molecule has 1 aliphatic heterocycles. The van der Waals surface area contributed by atoms with E-state index in [1.54, 1.807) is 43.5 Å².